The van der Waals surface area contributed by atoms with Crippen LogP contribution in [0.1, 0.15) is 47.3 Å². The molecule has 3 aromatic rings. The molecule has 35 heavy (non-hydrogen) atoms. The fourth-order valence-electron chi connectivity index (χ4n) is 5.05. The highest BCUT2D eigenvalue weighted by Gasteiger charge is 2.24. The van der Waals surface area contributed by atoms with Crippen LogP contribution in [0.15, 0.2) is 60.8 Å². The molecule has 1 atom stereocenters. The van der Waals surface area contributed by atoms with Crippen LogP contribution < -0.4 is 16.2 Å². The third kappa shape index (κ3) is 5.66. The summed E-state index contributed by atoms with van der Waals surface area (Å²) in [7, 11) is 0. The molecule has 0 saturated carbocycles. The number of nitrogens with zero attached hydrogens (tertiary/aromatic N) is 3. The summed E-state index contributed by atoms with van der Waals surface area (Å²) in [6, 6.07) is 17.5. The van der Waals surface area contributed by atoms with Crippen LogP contribution >= 0.6 is 0 Å². The van der Waals surface area contributed by atoms with Gasteiger partial charge in [0.1, 0.15) is 0 Å². The zero-order valence-corrected chi connectivity index (χ0v) is 19.7. The number of hydrogen-bond acceptors (Lipinski definition) is 5. The summed E-state index contributed by atoms with van der Waals surface area (Å²) in [5.41, 5.74) is 9.98. The standard InChI is InChI=1S/C27H30N6O2/c34-26(25-17-22(18-28-30-25)19-6-2-1-3-7-19)31-32-27(35)29-23-11-8-20-9-12-24(13-10-21(20)16-23)33-14-4-5-15-33/h1-3,6-8,11,16-18,24H,4-5,9-10,12-15H2,(H,31,34)(H2,29,32,35). The van der Waals surface area contributed by atoms with E-state index in [-0.39, 0.29) is 5.69 Å². The third-order valence-corrected chi connectivity index (χ3v) is 6.90. The summed E-state index contributed by atoms with van der Waals surface area (Å²) in [5, 5.41) is 10.6. The van der Waals surface area contributed by atoms with E-state index in [4.69, 9.17) is 0 Å². The number of aromatic nitrogens is 2. The summed E-state index contributed by atoms with van der Waals surface area (Å²) in [4.78, 5) is 27.6. The molecular weight excluding hydrogens is 440 g/mol. The second-order valence-electron chi connectivity index (χ2n) is 9.19. The summed E-state index contributed by atoms with van der Waals surface area (Å²) < 4.78 is 0. The Morgan fingerprint density at radius 3 is 2.43 bits per heavy atom. The molecule has 5 rings (SSSR count). The molecule has 1 fully saturated rings. The molecule has 1 aromatic heterocycles. The van der Waals surface area contributed by atoms with Gasteiger partial charge in [0.2, 0.25) is 0 Å². The number of urea groups is 1. The number of aryl methyl sites for hydroxylation is 2. The van der Waals surface area contributed by atoms with Crippen molar-refractivity contribution in [2.45, 2.75) is 44.6 Å². The fourth-order valence-corrected chi connectivity index (χ4v) is 5.05. The lowest BCUT2D eigenvalue weighted by Gasteiger charge is -2.25. The monoisotopic (exact) mass is 470 g/mol. The number of fused-ring (bicyclic) bond motifs is 1. The van der Waals surface area contributed by atoms with E-state index in [9.17, 15) is 9.59 Å². The highest BCUT2D eigenvalue weighted by Crippen LogP contribution is 2.28. The van der Waals surface area contributed by atoms with E-state index >= 15 is 0 Å². The van der Waals surface area contributed by atoms with E-state index in [0.717, 1.165) is 30.4 Å². The van der Waals surface area contributed by atoms with Crippen LogP contribution in [0.2, 0.25) is 0 Å². The molecule has 2 aromatic carbocycles. The fraction of sp³-hybridized carbons (Fsp3) is 0.333. The molecule has 8 heteroatoms. The van der Waals surface area contributed by atoms with Crippen molar-refractivity contribution in [3.63, 3.8) is 0 Å². The number of likely N-dealkylation sites (tertiary alicyclic amines) is 1. The zero-order valence-electron chi connectivity index (χ0n) is 19.7. The molecule has 1 saturated heterocycles. The average Bonchev–Trinajstić information content (AvgIpc) is 3.35. The van der Waals surface area contributed by atoms with Gasteiger partial charge in [-0.1, -0.05) is 36.4 Å². The van der Waals surface area contributed by atoms with E-state index in [1.54, 1.807) is 12.3 Å². The molecule has 3 N–H and O–H groups in total. The van der Waals surface area contributed by atoms with Crippen molar-refractivity contribution >= 4 is 17.6 Å². The maximum Gasteiger partial charge on any atom is 0.337 e. The largest absolute Gasteiger partial charge is 0.337 e. The predicted octanol–water partition coefficient (Wildman–Crippen LogP) is 3.95. The molecule has 1 aliphatic carbocycles. The van der Waals surface area contributed by atoms with Crippen molar-refractivity contribution in [2.24, 2.45) is 0 Å². The average molecular weight is 471 g/mol. The topological polar surface area (TPSA) is 99.2 Å². The van der Waals surface area contributed by atoms with Gasteiger partial charge in [0.05, 0.1) is 6.20 Å². The maximum atomic E-state index is 12.5. The number of amides is 3. The van der Waals surface area contributed by atoms with E-state index in [1.807, 2.05) is 36.4 Å². The molecule has 1 unspecified atom stereocenters. The molecule has 8 nitrogen and oxygen atoms in total. The van der Waals surface area contributed by atoms with Gasteiger partial charge in [-0.05, 0) is 86.5 Å². The molecule has 0 radical (unpaired) electrons. The molecule has 3 amide bonds. The van der Waals surface area contributed by atoms with Crippen LogP contribution in [0, 0.1) is 0 Å². The number of carbonyl (C=O) groups excluding carboxylic acids is 2. The Morgan fingerprint density at radius 1 is 0.857 bits per heavy atom. The smallest absolute Gasteiger partial charge is 0.307 e. The van der Waals surface area contributed by atoms with Crippen LogP contribution in [0.4, 0.5) is 10.5 Å². The second kappa shape index (κ2) is 10.7. The van der Waals surface area contributed by atoms with Crippen molar-refractivity contribution in [3.8, 4) is 11.1 Å². The molecule has 180 valence electrons. The van der Waals surface area contributed by atoms with Crippen LogP contribution in [0.5, 0.6) is 0 Å². The first-order valence-corrected chi connectivity index (χ1v) is 12.3. The molecule has 1 aliphatic heterocycles. The summed E-state index contributed by atoms with van der Waals surface area (Å²) >= 11 is 0. The molecule has 0 spiro atoms. The second-order valence-corrected chi connectivity index (χ2v) is 9.19. The lowest BCUT2D eigenvalue weighted by molar-refractivity contribution is 0.0932. The molecule has 2 aliphatic rings. The summed E-state index contributed by atoms with van der Waals surface area (Å²) in [5.74, 6) is -0.541. The maximum absolute atomic E-state index is 12.5. The Balaban J connectivity index is 1.15. The third-order valence-electron chi connectivity index (χ3n) is 6.90. The molecule has 2 heterocycles. The highest BCUT2D eigenvalue weighted by atomic mass is 16.2. The van der Waals surface area contributed by atoms with Gasteiger partial charge in [-0.2, -0.15) is 5.10 Å². The highest BCUT2D eigenvalue weighted by molar-refractivity contribution is 5.96. The van der Waals surface area contributed by atoms with E-state index in [2.05, 4.69) is 43.4 Å². The van der Waals surface area contributed by atoms with Gasteiger partial charge in [-0.15, -0.1) is 5.10 Å². The summed E-state index contributed by atoms with van der Waals surface area (Å²) in [6.45, 7) is 2.45. The summed E-state index contributed by atoms with van der Waals surface area (Å²) in [6.07, 6.45) is 8.66. The Morgan fingerprint density at radius 2 is 1.63 bits per heavy atom. The number of rotatable bonds is 4. The Hall–Kier alpha value is -3.78. The van der Waals surface area contributed by atoms with Crippen molar-refractivity contribution in [1.82, 2.24) is 25.9 Å². The van der Waals surface area contributed by atoms with Crippen molar-refractivity contribution in [2.75, 3.05) is 18.4 Å². The van der Waals surface area contributed by atoms with Gasteiger partial charge in [-0.3, -0.25) is 10.2 Å². The number of nitrogens with one attached hydrogen (secondary N) is 3. The minimum Gasteiger partial charge on any atom is -0.307 e. The number of carbonyl (C=O) groups is 2. The SMILES string of the molecule is O=C(NNC(=O)c1cc(-c2ccccc2)cnn1)Nc1ccc2c(c1)CCC(N1CCCC1)CC2. The van der Waals surface area contributed by atoms with E-state index in [0.29, 0.717) is 11.7 Å². The van der Waals surface area contributed by atoms with Crippen LogP contribution in [0.3, 0.4) is 0 Å². The lowest BCUT2D eigenvalue weighted by Crippen LogP contribution is -2.44. The Kier molecular flexibility index (Phi) is 6.99. The van der Waals surface area contributed by atoms with E-state index in [1.165, 1.54) is 43.5 Å². The Labute approximate surface area is 205 Å². The first-order chi connectivity index (χ1) is 17.2. The number of benzene rings is 2. The number of hydrogen-bond donors (Lipinski definition) is 3. The van der Waals surface area contributed by atoms with Crippen LogP contribution in [-0.2, 0) is 12.8 Å². The van der Waals surface area contributed by atoms with Gasteiger partial charge in [-0.25, -0.2) is 10.2 Å². The quantitative estimate of drug-likeness (QED) is 0.396. The first-order valence-electron chi connectivity index (χ1n) is 12.3. The predicted molar refractivity (Wildman–Crippen MR) is 135 cm³/mol. The molecule has 0 bridgehead atoms. The minimum atomic E-state index is -0.541. The first kappa shape index (κ1) is 23.0. The van der Waals surface area contributed by atoms with Crippen LogP contribution in [-0.4, -0.2) is 46.2 Å². The van der Waals surface area contributed by atoms with Gasteiger partial charge in [0.15, 0.2) is 5.69 Å². The normalized spacial score (nSPS) is 17.8. The lowest BCUT2D eigenvalue weighted by atomic mass is 10.0. The van der Waals surface area contributed by atoms with Crippen molar-refractivity contribution in [3.05, 3.63) is 77.6 Å². The van der Waals surface area contributed by atoms with Crippen LogP contribution in [0.25, 0.3) is 11.1 Å². The van der Waals surface area contributed by atoms with E-state index < -0.39 is 11.9 Å². The number of anilines is 1. The van der Waals surface area contributed by atoms with Gasteiger partial charge in [0, 0.05) is 17.3 Å². The van der Waals surface area contributed by atoms with Crippen molar-refractivity contribution < 1.29 is 9.59 Å². The van der Waals surface area contributed by atoms with Gasteiger partial charge < -0.3 is 10.2 Å². The number of hydrazine groups is 1. The minimum absolute atomic E-state index is 0.115. The Bertz CT molecular complexity index is 1190. The van der Waals surface area contributed by atoms with Gasteiger partial charge >= 0.3 is 6.03 Å². The van der Waals surface area contributed by atoms with Crippen molar-refractivity contribution in [1.29, 1.82) is 0 Å². The van der Waals surface area contributed by atoms with Gasteiger partial charge in [0.25, 0.3) is 5.91 Å². The molecular formula is C27H30N6O2. The zero-order chi connectivity index (χ0) is 24.0.